The minimum atomic E-state index is -3.46. The van der Waals surface area contributed by atoms with Gasteiger partial charge in [0.25, 0.3) is 0 Å². The predicted octanol–water partition coefficient (Wildman–Crippen LogP) is 3.56. The molecule has 0 aromatic heterocycles. The number of para-hydroxylation sites is 1. The number of nitrogens with one attached hydrogen (secondary N) is 1. The summed E-state index contributed by atoms with van der Waals surface area (Å²) in [7, 11) is -3.46. The zero-order valence-electron chi connectivity index (χ0n) is 15.8. The molecule has 7 heteroatoms. The van der Waals surface area contributed by atoms with Crippen molar-refractivity contribution in [1.29, 1.82) is 0 Å². The molecule has 5 nitrogen and oxygen atoms in total. The summed E-state index contributed by atoms with van der Waals surface area (Å²) in [5.41, 5.74) is 1.54. The topological polar surface area (TPSA) is 64.6 Å². The largest absolute Gasteiger partial charge is 0.483 e. The van der Waals surface area contributed by atoms with Gasteiger partial charge in [0, 0.05) is 17.0 Å². The lowest BCUT2D eigenvalue weighted by molar-refractivity contribution is 0.133. The van der Waals surface area contributed by atoms with Crippen molar-refractivity contribution in [2.45, 2.75) is 31.6 Å². The van der Waals surface area contributed by atoms with E-state index in [9.17, 15) is 8.42 Å². The first-order chi connectivity index (χ1) is 13.2. The third-order valence-electron chi connectivity index (χ3n) is 4.13. The van der Waals surface area contributed by atoms with E-state index < -0.39 is 10.0 Å². The summed E-state index contributed by atoms with van der Waals surface area (Å²) in [6.45, 7) is 4.24. The van der Waals surface area contributed by atoms with Gasteiger partial charge in [0.05, 0.1) is 12.3 Å². The van der Waals surface area contributed by atoms with Crippen LogP contribution in [0.2, 0.25) is 5.02 Å². The maximum absolute atomic E-state index is 12.1. The summed E-state index contributed by atoms with van der Waals surface area (Å²) in [5, 5.41) is 0.568. The molecule has 2 aromatic rings. The molecule has 0 fully saturated rings. The van der Waals surface area contributed by atoms with E-state index in [1.807, 2.05) is 32.0 Å². The molecule has 148 valence electrons. The highest BCUT2D eigenvalue weighted by Gasteiger charge is 2.32. The van der Waals surface area contributed by atoms with Crippen LogP contribution in [0, 0.1) is 11.8 Å². The summed E-state index contributed by atoms with van der Waals surface area (Å²) < 4.78 is 38.2. The summed E-state index contributed by atoms with van der Waals surface area (Å²) >= 11 is 5.80. The lowest BCUT2D eigenvalue weighted by atomic mass is 10.0. The van der Waals surface area contributed by atoms with Crippen LogP contribution in [-0.2, 0) is 22.2 Å². The first-order valence-corrected chi connectivity index (χ1v) is 10.9. The number of sulfonamides is 1. The molecular formula is C21H22ClNO4S. The Kier molecular flexibility index (Phi) is 6.19. The maximum atomic E-state index is 12.1. The zero-order valence-corrected chi connectivity index (χ0v) is 17.4. The second-order valence-electron chi connectivity index (χ2n) is 7.13. The Labute approximate surface area is 171 Å². The van der Waals surface area contributed by atoms with E-state index in [1.165, 1.54) is 0 Å². The van der Waals surface area contributed by atoms with E-state index in [1.54, 1.807) is 24.3 Å². The molecule has 0 bridgehead atoms. The van der Waals surface area contributed by atoms with Crippen LogP contribution in [0.4, 0.5) is 0 Å². The molecule has 28 heavy (non-hydrogen) atoms. The molecule has 0 radical (unpaired) electrons. The Balaban J connectivity index is 1.48. The number of hydrogen-bond acceptors (Lipinski definition) is 4. The number of hydrogen-bond donors (Lipinski definition) is 1. The standard InChI is InChI=1S/C21H22ClNO4S/c1-21(2)14-17-6-5-7-19(20(17)27-21)26-13-4-3-12-23-28(24,25)15-16-8-10-18(22)11-9-16/h5-11,23H,12-15H2,1-2H3. The molecule has 0 unspecified atom stereocenters. The molecule has 0 spiro atoms. The van der Waals surface area contributed by atoms with Gasteiger partial charge in [-0.25, -0.2) is 13.1 Å². The molecule has 2 aromatic carbocycles. The summed E-state index contributed by atoms with van der Waals surface area (Å²) in [6, 6.07) is 12.5. The lowest BCUT2D eigenvalue weighted by Crippen LogP contribution is -2.25. The Bertz CT molecular complexity index is 1000. The van der Waals surface area contributed by atoms with Crippen molar-refractivity contribution < 1.29 is 17.9 Å². The highest BCUT2D eigenvalue weighted by molar-refractivity contribution is 7.88. The van der Waals surface area contributed by atoms with Gasteiger partial charge in [-0.1, -0.05) is 47.7 Å². The molecule has 0 saturated heterocycles. The van der Waals surface area contributed by atoms with Gasteiger partial charge >= 0.3 is 0 Å². The highest BCUT2D eigenvalue weighted by Crippen LogP contribution is 2.41. The molecule has 0 amide bonds. The van der Waals surface area contributed by atoms with Crippen molar-refractivity contribution >= 4 is 21.6 Å². The van der Waals surface area contributed by atoms with Gasteiger partial charge in [0.1, 0.15) is 12.2 Å². The summed E-state index contributed by atoms with van der Waals surface area (Å²) in [4.78, 5) is 0. The fourth-order valence-electron chi connectivity index (χ4n) is 2.93. The van der Waals surface area contributed by atoms with Crippen molar-refractivity contribution in [2.75, 3.05) is 13.2 Å². The Morgan fingerprint density at radius 2 is 1.93 bits per heavy atom. The van der Waals surface area contributed by atoms with Crippen LogP contribution in [0.5, 0.6) is 11.5 Å². The van der Waals surface area contributed by atoms with Gasteiger partial charge in [0.15, 0.2) is 11.5 Å². The van der Waals surface area contributed by atoms with Gasteiger partial charge in [0.2, 0.25) is 10.0 Å². The smallest absolute Gasteiger partial charge is 0.216 e. The van der Waals surface area contributed by atoms with E-state index in [-0.39, 0.29) is 24.5 Å². The maximum Gasteiger partial charge on any atom is 0.216 e. The number of rotatable bonds is 6. The van der Waals surface area contributed by atoms with Crippen molar-refractivity contribution in [2.24, 2.45) is 0 Å². The van der Waals surface area contributed by atoms with E-state index in [2.05, 4.69) is 16.6 Å². The van der Waals surface area contributed by atoms with E-state index in [0.717, 1.165) is 17.7 Å². The van der Waals surface area contributed by atoms with E-state index in [4.69, 9.17) is 21.1 Å². The zero-order chi connectivity index (χ0) is 20.2. The van der Waals surface area contributed by atoms with Gasteiger partial charge < -0.3 is 9.47 Å². The van der Waals surface area contributed by atoms with Gasteiger partial charge in [-0.15, -0.1) is 0 Å². The van der Waals surface area contributed by atoms with Crippen LogP contribution in [0.15, 0.2) is 42.5 Å². The quantitative estimate of drug-likeness (QED) is 0.727. The number of ether oxygens (including phenoxy) is 2. The minimum absolute atomic E-state index is 0.0235. The molecule has 1 N–H and O–H groups in total. The van der Waals surface area contributed by atoms with E-state index in [0.29, 0.717) is 16.3 Å². The average molecular weight is 420 g/mol. The van der Waals surface area contributed by atoms with Crippen LogP contribution < -0.4 is 14.2 Å². The second kappa shape index (κ2) is 8.44. The van der Waals surface area contributed by atoms with Crippen LogP contribution in [0.3, 0.4) is 0 Å². The molecule has 1 aliphatic heterocycles. The van der Waals surface area contributed by atoms with Crippen molar-refractivity contribution in [3.63, 3.8) is 0 Å². The van der Waals surface area contributed by atoms with Gasteiger partial charge in [-0.3, -0.25) is 0 Å². The SMILES string of the molecule is CC1(C)Cc2cccc(OCC#CCNS(=O)(=O)Cc3ccc(Cl)cc3)c2O1. The molecule has 3 rings (SSSR count). The summed E-state index contributed by atoms with van der Waals surface area (Å²) in [6.07, 6.45) is 0.834. The highest BCUT2D eigenvalue weighted by atomic mass is 35.5. The van der Waals surface area contributed by atoms with Gasteiger partial charge in [-0.05, 0) is 37.6 Å². The number of halogens is 1. The van der Waals surface area contributed by atoms with E-state index >= 15 is 0 Å². The van der Waals surface area contributed by atoms with Crippen molar-refractivity contribution in [3.8, 4) is 23.3 Å². The monoisotopic (exact) mass is 419 g/mol. The fourth-order valence-corrected chi connectivity index (χ4v) is 4.08. The third kappa shape index (κ3) is 5.65. The Morgan fingerprint density at radius 1 is 1.18 bits per heavy atom. The summed E-state index contributed by atoms with van der Waals surface area (Å²) in [5.74, 6) is 6.88. The van der Waals surface area contributed by atoms with Crippen LogP contribution in [-0.4, -0.2) is 27.2 Å². The molecule has 1 aliphatic rings. The first-order valence-electron chi connectivity index (χ1n) is 8.85. The Hall–Kier alpha value is -2.20. The van der Waals surface area contributed by atoms with Gasteiger partial charge in [-0.2, -0.15) is 0 Å². The normalized spacial score (nSPS) is 14.5. The Morgan fingerprint density at radius 3 is 2.68 bits per heavy atom. The molecular weight excluding hydrogens is 398 g/mol. The molecule has 1 heterocycles. The number of fused-ring (bicyclic) bond motifs is 1. The average Bonchev–Trinajstić information content (AvgIpc) is 2.94. The van der Waals surface area contributed by atoms with Crippen LogP contribution >= 0.6 is 11.6 Å². The third-order valence-corrected chi connectivity index (χ3v) is 5.68. The fraction of sp³-hybridized carbons (Fsp3) is 0.333. The second-order valence-corrected chi connectivity index (χ2v) is 9.38. The van der Waals surface area contributed by atoms with Crippen LogP contribution in [0.1, 0.15) is 25.0 Å². The van der Waals surface area contributed by atoms with Crippen molar-refractivity contribution in [1.82, 2.24) is 4.72 Å². The van der Waals surface area contributed by atoms with Crippen molar-refractivity contribution in [3.05, 3.63) is 58.6 Å². The number of benzene rings is 2. The molecule has 0 atom stereocenters. The first kappa shape index (κ1) is 20.5. The molecule has 0 saturated carbocycles. The molecule has 0 aliphatic carbocycles. The lowest BCUT2D eigenvalue weighted by Gasteiger charge is -2.17. The minimum Gasteiger partial charge on any atom is -0.483 e. The van der Waals surface area contributed by atoms with Crippen LogP contribution in [0.25, 0.3) is 0 Å². The predicted molar refractivity (Wildman–Crippen MR) is 110 cm³/mol.